The molecule has 2 nitrogen and oxygen atoms in total. The van der Waals surface area contributed by atoms with Gasteiger partial charge in [0.1, 0.15) is 0 Å². The molecule has 0 aliphatic rings. The van der Waals surface area contributed by atoms with Crippen molar-refractivity contribution in [2.45, 2.75) is 38.5 Å². The summed E-state index contributed by atoms with van der Waals surface area (Å²) in [5, 5.41) is 13.2. The minimum Gasteiger partial charge on any atom is -0.391 e. The second-order valence-corrected chi connectivity index (χ2v) is 4.49. The van der Waals surface area contributed by atoms with Gasteiger partial charge in [-0.05, 0) is 13.0 Å². The first-order valence-electron chi connectivity index (χ1n) is 4.71. The number of nitrogens with one attached hydrogen (secondary N) is 1. The fraction of sp³-hybridized carbons (Fsp3) is 1.00. The van der Waals surface area contributed by atoms with E-state index in [-0.39, 0.29) is 6.10 Å². The van der Waals surface area contributed by atoms with Crippen LogP contribution in [0.5, 0.6) is 0 Å². The lowest BCUT2D eigenvalue weighted by molar-refractivity contribution is 0.196. The van der Waals surface area contributed by atoms with Crippen molar-refractivity contribution in [2.75, 3.05) is 18.8 Å². The Morgan fingerprint density at radius 3 is 2.58 bits per heavy atom. The number of likely N-dealkylation sites (N-methyl/N-ethyl adjacent to an activating group) is 1. The van der Waals surface area contributed by atoms with Gasteiger partial charge < -0.3 is 10.4 Å². The fourth-order valence-corrected chi connectivity index (χ4v) is 1.67. The molecule has 12 heavy (non-hydrogen) atoms. The molecule has 0 saturated carbocycles. The van der Waals surface area contributed by atoms with Gasteiger partial charge >= 0.3 is 0 Å². The van der Waals surface area contributed by atoms with Gasteiger partial charge in [-0.3, -0.25) is 0 Å². The molecular formula is C9H21NOS. The fourth-order valence-electron chi connectivity index (χ4n) is 0.763. The SMILES string of the molecule is CCNCC(O)CSC(C)CC. The Kier molecular flexibility index (Phi) is 8.07. The summed E-state index contributed by atoms with van der Waals surface area (Å²) >= 11 is 1.84. The Morgan fingerprint density at radius 1 is 1.42 bits per heavy atom. The van der Waals surface area contributed by atoms with Gasteiger partial charge in [-0.15, -0.1) is 0 Å². The zero-order chi connectivity index (χ0) is 9.40. The third-order valence-corrected chi connectivity index (χ3v) is 3.26. The topological polar surface area (TPSA) is 32.3 Å². The number of hydrogen-bond donors (Lipinski definition) is 2. The van der Waals surface area contributed by atoms with Gasteiger partial charge in [0.2, 0.25) is 0 Å². The third kappa shape index (κ3) is 6.95. The summed E-state index contributed by atoms with van der Waals surface area (Å²) in [7, 11) is 0. The molecule has 3 heteroatoms. The predicted octanol–water partition coefficient (Wildman–Crippen LogP) is 1.49. The molecular weight excluding hydrogens is 170 g/mol. The average molecular weight is 191 g/mol. The summed E-state index contributed by atoms with van der Waals surface area (Å²) in [5.74, 6) is 0.849. The zero-order valence-electron chi connectivity index (χ0n) is 8.34. The maximum Gasteiger partial charge on any atom is 0.0754 e. The summed E-state index contributed by atoms with van der Waals surface area (Å²) in [5.41, 5.74) is 0. The quantitative estimate of drug-likeness (QED) is 0.639. The molecule has 0 rings (SSSR count). The molecule has 0 aromatic heterocycles. The highest BCUT2D eigenvalue weighted by atomic mass is 32.2. The molecule has 0 saturated heterocycles. The third-order valence-electron chi connectivity index (χ3n) is 1.78. The average Bonchev–Trinajstić information content (AvgIpc) is 2.10. The van der Waals surface area contributed by atoms with Crippen molar-refractivity contribution in [2.24, 2.45) is 0 Å². The normalized spacial score (nSPS) is 16.0. The molecule has 74 valence electrons. The van der Waals surface area contributed by atoms with Crippen LogP contribution in [0.2, 0.25) is 0 Å². The van der Waals surface area contributed by atoms with Crippen LogP contribution < -0.4 is 5.32 Å². The van der Waals surface area contributed by atoms with E-state index in [0.29, 0.717) is 5.25 Å². The lowest BCUT2D eigenvalue weighted by Gasteiger charge is -2.13. The number of rotatable bonds is 7. The molecule has 0 spiro atoms. The van der Waals surface area contributed by atoms with E-state index in [1.54, 1.807) is 0 Å². The van der Waals surface area contributed by atoms with Crippen LogP contribution in [-0.2, 0) is 0 Å². The largest absolute Gasteiger partial charge is 0.391 e. The Balaban J connectivity index is 3.24. The maximum absolute atomic E-state index is 9.44. The van der Waals surface area contributed by atoms with Crippen LogP contribution in [0, 0.1) is 0 Å². The van der Waals surface area contributed by atoms with Crippen molar-refractivity contribution < 1.29 is 5.11 Å². The number of aliphatic hydroxyl groups excluding tert-OH is 1. The first-order chi connectivity index (χ1) is 5.70. The second-order valence-electron chi connectivity index (χ2n) is 3.01. The van der Waals surface area contributed by atoms with Gasteiger partial charge in [-0.2, -0.15) is 11.8 Å². The monoisotopic (exact) mass is 191 g/mol. The van der Waals surface area contributed by atoms with Crippen molar-refractivity contribution in [3.05, 3.63) is 0 Å². The summed E-state index contributed by atoms with van der Waals surface area (Å²) in [6.45, 7) is 8.08. The summed E-state index contributed by atoms with van der Waals surface area (Å²) in [6, 6.07) is 0. The lowest BCUT2D eigenvalue weighted by Crippen LogP contribution is -2.28. The van der Waals surface area contributed by atoms with Gasteiger partial charge in [0.05, 0.1) is 6.10 Å². The van der Waals surface area contributed by atoms with E-state index in [9.17, 15) is 5.11 Å². The Labute approximate surface area is 80.1 Å². The highest BCUT2D eigenvalue weighted by molar-refractivity contribution is 7.99. The van der Waals surface area contributed by atoms with Crippen LogP contribution in [0.1, 0.15) is 27.2 Å². The van der Waals surface area contributed by atoms with Crippen molar-refractivity contribution in [3.63, 3.8) is 0 Å². The van der Waals surface area contributed by atoms with Crippen LogP contribution in [0.15, 0.2) is 0 Å². The predicted molar refractivity (Wildman–Crippen MR) is 56.8 cm³/mol. The lowest BCUT2D eigenvalue weighted by atomic mass is 10.4. The molecule has 0 aromatic carbocycles. The van der Waals surface area contributed by atoms with E-state index >= 15 is 0 Å². The van der Waals surface area contributed by atoms with E-state index < -0.39 is 0 Å². The molecule has 0 radical (unpaired) electrons. The van der Waals surface area contributed by atoms with E-state index in [0.717, 1.165) is 18.8 Å². The molecule has 0 aliphatic heterocycles. The Hall–Kier alpha value is 0.270. The standard InChI is InChI=1S/C9H21NOS/c1-4-8(3)12-7-9(11)6-10-5-2/h8-11H,4-7H2,1-3H3. The first kappa shape index (κ1) is 12.3. The van der Waals surface area contributed by atoms with Gasteiger partial charge in [0.15, 0.2) is 0 Å². The van der Waals surface area contributed by atoms with Crippen LogP contribution in [0.4, 0.5) is 0 Å². The van der Waals surface area contributed by atoms with Gasteiger partial charge in [-0.25, -0.2) is 0 Å². The van der Waals surface area contributed by atoms with Crippen LogP contribution >= 0.6 is 11.8 Å². The molecule has 0 fully saturated rings. The first-order valence-corrected chi connectivity index (χ1v) is 5.75. The van der Waals surface area contributed by atoms with Crippen LogP contribution in [0.25, 0.3) is 0 Å². The highest BCUT2D eigenvalue weighted by Gasteiger charge is 2.05. The molecule has 2 atom stereocenters. The molecule has 2 unspecified atom stereocenters. The summed E-state index contributed by atoms with van der Waals surface area (Å²) in [4.78, 5) is 0. The van der Waals surface area contributed by atoms with Crippen molar-refractivity contribution in [1.29, 1.82) is 0 Å². The summed E-state index contributed by atoms with van der Waals surface area (Å²) < 4.78 is 0. The molecule has 2 N–H and O–H groups in total. The molecule has 0 aromatic rings. The molecule has 0 amide bonds. The highest BCUT2D eigenvalue weighted by Crippen LogP contribution is 2.14. The van der Waals surface area contributed by atoms with E-state index in [2.05, 4.69) is 26.1 Å². The van der Waals surface area contributed by atoms with Gasteiger partial charge in [0, 0.05) is 17.5 Å². The van der Waals surface area contributed by atoms with Crippen molar-refractivity contribution in [3.8, 4) is 0 Å². The molecule has 0 heterocycles. The number of hydrogen-bond acceptors (Lipinski definition) is 3. The second kappa shape index (κ2) is 7.90. The Morgan fingerprint density at radius 2 is 2.08 bits per heavy atom. The van der Waals surface area contributed by atoms with Crippen molar-refractivity contribution in [1.82, 2.24) is 5.32 Å². The van der Waals surface area contributed by atoms with Crippen molar-refractivity contribution >= 4 is 11.8 Å². The maximum atomic E-state index is 9.44. The number of aliphatic hydroxyl groups is 1. The van der Waals surface area contributed by atoms with Crippen LogP contribution in [0.3, 0.4) is 0 Å². The molecule has 0 aliphatic carbocycles. The smallest absolute Gasteiger partial charge is 0.0754 e. The molecule has 0 bridgehead atoms. The zero-order valence-corrected chi connectivity index (χ0v) is 9.16. The minimum atomic E-state index is -0.191. The minimum absolute atomic E-state index is 0.191. The number of thioether (sulfide) groups is 1. The van der Waals surface area contributed by atoms with Gasteiger partial charge in [-0.1, -0.05) is 20.8 Å². The van der Waals surface area contributed by atoms with E-state index in [1.807, 2.05) is 11.8 Å². The van der Waals surface area contributed by atoms with E-state index in [1.165, 1.54) is 6.42 Å². The summed E-state index contributed by atoms with van der Waals surface area (Å²) in [6.07, 6.45) is 0.988. The van der Waals surface area contributed by atoms with Gasteiger partial charge in [0.25, 0.3) is 0 Å². The van der Waals surface area contributed by atoms with E-state index in [4.69, 9.17) is 0 Å². The Bertz CT molecular complexity index is 101. The van der Waals surface area contributed by atoms with Crippen LogP contribution in [-0.4, -0.2) is 35.3 Å².